The zero-order valence-corrected chi connectivity index (χ0v) is 11.3. The van der Waals surface area contributed by atoms with Crippen LogP contribution in [0.1, 0.15) is 0 Å². The molecule has 0 amide bonds. The Kier molecular flexibility index (Phi) is 3350. The average molecular weight is 191 g/mol. The topological polar surface area (TPSA) is 0 Å². The summed E-state index contributed by atoms with van der Waals surface area (Å²) in [6.45, 7) is 0. The molecule has 0 aromatic heterocycles. The van der Waals surface area contributed by atoms with Gasteiger partial charge in [0.25, 0.3) is 0 Å². The first-order chi connectivity index (χ1) is 0. The molecule has 2 heteroatoms. The first-order valence-corrected chi connectivity index (χ1v) is 0. The van der Waals surface area contributed by atoms with Gasteiger partial charge in [-0.3, -0.25) is 0 Å². The van der Waals surface area contributed by atoms with Crippen molar-refractivity contribution in [3.05, 3.63) is 29.7 Å². The summed E-state index contributed by atoms with van der Waals surface area (Å²) in [6, 6.07) is 0. The van der Waals surface area contributed by atoms with Crippen LogP contribution >= 0.6 is 0 Å². The number of rotatable bonds is 0. The van der Waals surface area contributed by atoms with Crippen LogP contribution in [-0.2, 0) is 39.0 Å². The molecule has 36 valence electrons. The van der Waals surface area contributed by atoms with Gasteiger partial charge in [0.1, 0.15) is 0 Å². The van der Waals surface area contributed by atoms with Crippen molar-refractivity contribution in [2.75, 3.05) is 0 Å². The Hall–Kier alpha value is 1.25. The van der Waals surface area contributed by atoms with Crippen molar-refractivity contribution < 1.29 is 39.0 Å². The van der Waals surface area contributed by atoms with Crippen LogP contribution in [-0.4, -0.2) is 0 Å². The molecule has 0 aliphatic rings. The molecule has 0 aliphatic carbocycles. The molecule has 0 saturated heterocycles. The van der Waals surface area contributed by atoms with Crippen LogP contribution in [0.15, 0.2) is 0 Å². The fraction of sp³-hybridized carbons (Fsp3) is 0. The third-order valence-corrected chi connectivity index (χ3v) is 0. The molecule has 0 saturated carbocycles. The predicted molar refractivity (Wildman–Crippen MR) is 25.7 cm³/mol. The van der Waals surface area contributed by atoms with E-state index in [-0.39, 0.29) is 68.7 Å². The summed E-state index contributed by atoms with van der Waals surface area (Å²) in [6.07, 6.45) is 0. The molecule has 0 fully saturated rings. The molecule has 0 unspecified atom stereocenters. The van der Waals surface area contributed by atoms with Crippen LogP contribution in [0.25, 0.3) is 0 Å². The van der Waals surface area contributed by atoms with E-state index in [4.69, 9.17) is 0 Å². The van der Waals surface area contributed by atoms with Crippen LogP contribution in [0.2, 0.25) is 0 Å². The number of hydrogen-bond acceptors (Lipinski definition) is 0. The van der Waals surface area contributed by atoms with E-state index in [1.807, 2.05) is 0 Å². The van der Waals surface area contributed by atoms with Gasteiger partial charge >= 0.3 is 0 Å². The quantitative estimate of drug-likeness (QED) is 0.404. The Morgan fingerprint density at radius 2 is 0.333 bits per heavy atom. The molecular weight excluding hydrogens is 179 g/mol. The van der Waals surface area contributed by atoms with Gasteiger partial charge in [-0.2, -0.15) is 0 Å². The summed E-state index contributed by atoms with van der Waals surface area (Å²) in [5, 5.41) is 0. The maximum atomic E-state index is 0. The summed E-state index contributed by atoms with van der Waals surface area (Å²) in [5.41, 5.74) is 0. The second kappa shape index (κ2) is 111. The van der Waals surface area contributed by atoms with Gasteiger partial charge in [-0.15, -0.1) is 0 Å². The van der Waals surface area contributed by atoms with E-state index in [1.54, 1.807) is 0 Å². The Balaban J connectivity index is 0. The van der Waals surface area contributed by atoms with Crippen molar-refractivity contribution >= 4 is 0 Å². The Morgan fingerprint density at radius 3 is 0.333 bits per heavy atom. The zero-order chi connectivity index (χ0) is 0. The van der Waals surface area contributed by atoms with Crippen LogP contribution in [0.5, 0.6) is 0 Å². The maximum Gasteiger partial charge on any atom is 0 e. The summed E-state index contributed by atoms with van der Waals surface area (Å²) in [7, 11) is 0. The van der Waals surface area contributed by atoms with E-state index in [2.05, 4.69) is 0 Å². The largest absolute Gasteiger partial charge is 0.358 e. The maximum absolute atomic E-state index is 0. The summed E-state index contributed by atoms with van der Waals surface area (Å²) in [5.74, 6) is 0. The van der Waals surface area contributed by atoms with Crippen LogP contribution in [0.3, 0.4) is 0 Å². The Bertz CT molecular complexity index is 5.51. The fourth-order valence-electron chi connectivity index (χ4n) is 0. The minimum Gasteiger partial charge on any atom is -0.358 e. The molecule has 0 atom stereocenters. The second-order valence-electron chi connectivity index (χ2n) is 0. The molecular formula is C4H12Zn2-4. The third kappa shape index (κ3) is 60.9. The summed E-state index contributed by atoms with van der Waals surface area (Å²) in [4.78, 5) is 0. The first-order valence-electron chi connectivity index (χ1n) is 0. The molecule has 0 aliphatic heterocycles. The van der Waals surface area contributed by atoms with Crippen molar-refractivity contribution in [1.29, 1.82) is 0 Å². The molecule has 0 aromatic rings. The van der Waals surface area contributed by atoms with Crippen LogP contribution in [0.4, 0.5) is 0 Å². The molecule has 0 aromatic carbocycles. The van der Waals surface area contributed by atoms with Crippen molar-refractivity contribution in [3.63, 3.8) is 0 Å². The first kappa shape index (κ1) is 182. The van der Waals surface area contributed by atoms with Gasteiger partial charge in [-0.05, 0) is 0 Å². The van der Waals surface area contributed by atoms with Crippen molar-refractivity contribution in [2.24, 2.45) is 0 Å². The SMILES string of the molecule is [CH3-].[CH3-].[CH3-].[CH3-].[Zn].[Zn]. The molecule has 6 heavy (non-hydrogen) atoms. The summed E-state index contributed by atoms with van der Waals surface area (Å²) < 4.78 is 0. The minimum absolute atomic E-state index is 0. The van der Waals surface area contributed by atoms with Crippen LogP contribution in [0, 0.1) is 29.7 Å². The predicted octanol–water partition coefficient (Wildman–Crippen LogP) is 1.80. The molecule has 0 N–H and O–H groups in total. The monoisotopic (exact) mass is 188 g/mol. The van der Waals surface area contributed by atoms with E-state index in [0.717, 1.165) is 0 Å². The van der Waals surface area contributed by atoms with Gasteiger partial charge in [0.05, 0.1) is 0 Å². The smallest absolute Gasteiger partial charge is 0 e. The number of hydrogen-bond donors (Lipinski definition) is 0. The summed E-state index contributed by atoms with van der Waals surface area (Å²) >= 11 is 0. The van der Waals surface area contributed by atoms with Crippen molar-refractivity contribution in [1.82, 2.24) is 0 Å². The van der Waals surface area contributed by atoms with E-state index in [1.165, 1.54) is 0 Å². The standard InChI is InChI=1S/4CH3.2Zn/h4*1H3;;/q4*-1;;. The average Bonchev–Trinajstić information content (AvgIpc) is 0. The second-order valence-corrected chi connectivity index (χ2v) is 0. The van der Waals surface area contributed by atoms with Gasteiger partial charge in [0.15, 0.2) is 0 Å². The van der Waals surface area contributed by atoms with Gasteiger partial charge in [-0.1, -0.05) is 0 Å². The fourth-order valence-corrected chi connectivity index (χ4v) is 0. The molecule has 0 heterocycles. The van der Waals surface area contributed by atoms with E-state index in [0.29, 0.717) is 0 Å². The molecule has 0 spiro atoms. The van der Waals surface area contributed by atoms with Gasteiger partial charge in [0.2, 0.25) is 0 Å². The van der Waals surface area contributed by atoms with Gasteiger partial charge in [0, 0.05) is 39.0 Å². The molecule has 0 rings (SSSR count). The normalized spacial score (nSPS) is 0. The minimum atomic E-state index is 0. The van der Waals surface area contributed by atoms with Gasteiger partial charge < -0.3 is 29.7 Å². The molecule has 0 bridgehead atoms. The van der Waals surface area contributed by atoms with E-state index < -0.39 is 0 Å². The van der Waals surface area contributed by atoms with Crippen molar-refractivity contribution in [3.8, 4) is 0 Å². The van der Waals surface area contributed by atoms with Gasteiger partial charge in [-0.25, -0.2) is 0 Å². The van der Waals surface area contributed by atoms with E-state index in [9.17, 15) is 0 Å². The molecule has 0 radical (unpaired) electrons. The van der Waals surface area contributed by atoms with Crippen molar-refractivity contribution in [2.45, 2.75) is 0 Å². The Morgan fingerprint density at radius 1 is 0.333 bits per heavy atom. The van der Waals surface area contributed by atoms with Crippen LogP contribution < -0.4 is 0 Å². The Labute approximate surface area is 68.6 Å². The van der Waals surface area contributed by atoms with E-state index >= 15 is 0 Å². The zero-order valence-electron chi connectivity index (χ0n) is 5.41. The molecule has 0 nitrogen and oxygen atoms in total. The third-order valence-electron chi connectivity index (χ3n) is 0.